The Morgan fingerprint density at radius 3 is 3.10 bits per heavy atom. The van der Waals surface area contributed by atoms with Crippen LogP contribution in [-0.2, 0) is 4.79 Å². The van der Waals surface area contributed by atoms with E-state index in [1.165, 1.54) is 0 Å². The maximum atomic E-state index is 10.7. The summed E-state index contributed by atoms with van der Waals surface area (Å²) >= 11 is 0. The molecule has 0 aromatic heterocycles. The van der Waals surface area contributed by atoms with E-state index in [0.29, 0.717) is 0 Å². The quantitative estimate of drug-likeness (QED) is 0.492. The summed E-state index contributed by atoms with van der Waals surface area (Å²) in [5.41, 5.74) is 5.09. The van der Waals surface area contributed by atoms with Crippen molar-refractivity contribution in [2.45, 2.75) is 18.9 Å². The minimum Gasteiger partial charge on any atom is -0.341 e. The highest BCUT2D eigenvalue weighted by atomic mass is 16.1. The highest BCUT2D eigenvalue weighted by molar-refractivity contribution is 5.78. The highest BCUT2D eigenvalue weighted by Gasteiger charge is 2.09. The van der Waals surface area contributed by atoms with Gasteiger partial charge in [-0.3, -0.25) is 4.79 Å². The normalized spacial score (nSPS) is 21.5. The lowest BCUT2D eigenvalue weighted by Gasteiger charge is -2.06. The fourth-order valence-electron chi connectivity index (χ4n) is 0.846. The number of carbonyl (C=O) groups is 1. The van der Waals surface area contributed by atoms with Gasteiger partial charge in [0.25, 0.3) is 0 Å². The van der Waals surface area contributed by atoms with Gasteiger partial charge in [0.15, 0.2) is 0 Å². The lowest BCUT2D eigenvalue weighted by molar-refractivity contribution is -0.120. The molecule has 1 aliphatic rings. The molecule has 1 unspecified atom stereocenters. The summed E-state index contributed by atoms with van der Waals surface area (Å²) in [4.78, 5) is 10.7. The van der Waals surface area contributed by atoms with Crippen LogP contribution in [0.5, 0.6) is 0 Å². The van der Waals surface area contributed by atoms with Crippen LogP contribution in [0.3, 0.4) is 0 Å². The Labute approximate surface area is 60.0 Å². The summed E-state index contributed by atoms with van der Waals surface area (Å²) in [6.07, 6.45) is 1.79. The molecule has 0 aliphatic heterocycles. The molecular formula is C7H10N2O. The number of hydrogen-bond donors (Lipinski definition) is 2. The van der Waals surface area contributed by atoms with Gasteiger partial charge in [0.2, 0.25) is 5.91 Å². The molecule has 1 aliphatic carbocycles. The zero-order valence-corrected chi connectivity index (χ0v) is 5.68. The van der Waals surface area contributed by atoms with Crippen molar-refractivity contribution in [1.29, 1.82) is 0 Å². The number of rotatable bonds is 2. The largest absolute Gasteiger partial charge is 0.341 e. The molecular weight excluding hydrogens is 128 g/mol. The molecule has 1 amide bonds. The molecule has 0 heterocycles. The van der Waals surface area contributed by atoms with Crippen molar-refractivity contribution in [2.75, 3.05) is 6.54 Å². The van der Waals surface area contributed by atoms with E-state index >= 15 is 0 Å². The van der Waals surface area contributed by atoms with Gasteiger partial charge in [0.05, 0.1) is 12.6 Å². The van der Waals surface area contributed by atoms with Crippen molar-refractivity contribution in [1.82, 2.24) is 5.32 Å². The topological polar surface area (TPSA) is 55.1 Å². The smallest absolute Gasteiger partial charge is 0.234 e. The van der Waals surface area contributed by atoms with Crippen LogP contribution < -0.4 is 11.1 Å². The van der Waals surface area contributed by atoms with Gasteiger partial charge in [-0.2, -0.15) is 0 Å². The third kappa shape index (κ3) is 1.74. The van der Waals surface area contributed by atoms with E-state index < -0.39 is 0 Å². The molecule has 3 N–H and O–H groups in total. The summed E-state index contributed by atoms with van der Waals surface area (Å²) in [7, 11) is 0. The van der Waals surface area contributed by atoms with Gasteiger partial charge in [-0.05, 0) is 6.42 Å². The maximum absolute atomic E-state index is 10.7. The third-order valence-electron chi connectivity index (χ3n) is 1.35. The minimum absolute atomic E-state index is 0.0519. The van der Waals surface area contributed by atoms with E-state index in [0.717, 1.165) is 12.8 Å². The molecule has 0 saturated heterocycles. The van der Waals surface area contributed by atoms with Gasteiger partial charge in [-0.1, -0.05) is 5.92 Å². The van der Waals surface area contributed by atoms with Gasteiger partial charge in [0.1, 0.15) is 0 Å². The van der Waals surface area contributed by atoms with E-state index in [1.807, 2.05) is 0 Å². The summed E-state index contributed by atoms with van der Waals surface area (Å²) in [5, 5.41) is 2.69. The van der Waals surface area contributed by atoms with E-state index in [1.54, 1.807) is 0 Å². The molecule has 0 spiro atoms. The molecule has 0 saturated carbocycles. The summed E-state index contributed by atoms with van der Waals surface area (Å²) in [6, 6.07) is 0.0519. The first kappa shape index (κ1) is 7.10. The minimum atomic E-state index is -0.124. The standard InChI is InChI=1S/C7H10N2O/c8-5-7(10)9-6-3-1-2-4-6/h6H,1,3,5,8H2,(H,9,10). The highest BCUT2D eigenvalue weighted by Crippen LogP contribution is 2.00. The summed E-state index contributed by atoms with van der Waals surface area (Å²) in [5.74, 6) is 5.66. The van der Waals surface area contributed by atoms with Crippen LogP contribution in [0.1, 0.15) is 12.8 Å². The Morgan fingerprint density at radius 1 is 1.80 bits per heavy atom. The lowest BCUT2D eigenvalue weighted by atomic mass is 10.2. The van der Waals surface area contributed by atoms with Gasteiger partial charge >= 0.3 is 0 Å². The second-order valence-electron chi connectivity index (χ2n) is 2.18. The van der Waals surface area contributed by atoms with Crippen LogP contribution in [0.4, 0.5) is 0 Å². The van der Waals surface area contributed by atoms with Gasteiger partial charge in [0, 0.05) is 6.42 Å². The molecule has 3 heteroatoms. The molecule has 0 fully saturated rings. The van der Waals surface area contributed by atoms with Crippen molar-refractivity contribution in [2.24, 2.45) is 5.73 Å². The van der Waals surface area contributed by atoms with E-state index in [-0.39, 0.29) is 18.5 Å². The Kier molecular flexibility index (Phi) is 2.30. The van der Waals surface area contributed by atoms with Crippen LogP contribution in [0, 0.1) is 11.8 Å². The first-order valence-electron chi connectivity index (χ1n) is 3.31. The van der Waals surface area contributed by atoms with Gasteiger partial charge in [-0.15, -0.1) is 5.92 Å². The van der Waals surface area contributed by atoms with Crippen molar-refractivity contribution >= 4 is 5.91 Å². The molecule has 3 nitrogen and oxygen atoms in total. The number of nitrogens with two attached hydrogens (primary N) is 1. The first-order valence-corrected chi connectivity index (χ1v) is 3.31. The van der Waals surface area contributed by atoms with Crippen LogP contribution in [0.15, 0.2) is 0 Å². The molecule has 10 heavy (non-hydrogen) atoms. The summed E-state index contributed by atoms with van der Waals surface area (Å²) in [6.45, 7) is 0.0537. The number of nitrogens with one attached hydrogen (secondary N) is 1. The lowest BCUT2D eigenvalue weighted by Crippen LogP contribution is -2.36. The SMILES string of the molecule is NCC(=O)NC1C#CCC1. The number of amides is 1. The molecule has 0 aromatic rings. The average Bonchev–Trinajstić information content (AvgIpc) is 2.40. The maximum Gasteiger partial charge on any atom is 0.234 e. The molecule has 0 aromatic carbocycles. The zero-order valence-electron chi connectivity index (χ0n) is 5.68. The third-order valence-corrected chi connectivity index (χ3v) is 1.35. The molecule has 1 atom stereocenters. The van der Waals surface area contributed by atoms with Crippen LogP contribution >= 0.6 is 0 Å². The Bertz CT molecular complexity index is 190. The second kappa shape index (κ2) is 3.23. The van der Waals surface area contributed by atoms with Crippen LogP contribution in [-0.4, -0.2) is 18.5 Å². The van der Waals surface area contributed by atoms with Crippen molar-refractivity contribution in [3.8, 4) is 11.8 Å². The van der Waals surface area contributed by atoms with E-state index in [4.69, 9.17) is 5.73 Å². The summed E-state index contributed by atoms with van der Waals surface area (Å²) < 4.78 is 0. The Morgan fingerprint density at radius 2 is 2.60 bits per heavy atom. The second-order valence-corrected chi connectivity index (χ2v) is 2.18. The van der Waals surface area contributed by atoms with Crippen LogP contribution in [0.2, 0.25) is 0 Å². The van der Waals surface area contributed by atoms with Crippen molar-refractivity contribution in [3.63, 3.8) is 0 Å². The van der Waals surface area contributed by atoms with Gasteiger partial charge < -0.3 is 11.1 Å². The molecule has 0 bridgehead atoms. The van der Waals surface area contributed by atoms with Crippen molar-refractivity contribution < 1.29 is 4.79 Å². The monoisotopic (exact) mass is 138 g/mol. The fourth-order valence-corrected chi connectivity index (χ4v) is 0.846. The predicted molar refractivity (Wildman–Crippen MR) is 38.0 cm³/mol. The number of carbonyl (C=O) groups excluding carboxylic acids is 1. The Balaban J connectivity index is 2.27. The molecule has 0 radical (unpaired) electrons. The Hall–Kier alpha value is -1.01. The van der Waals surface area contributed by atoms with Crippen LogP contribution in [0.25, 0.3) is 0 Å². The zero-order chi connectivity index (χ0) is 7.40. The van der Waals surface area contributed by atoms with Gasteiger partial charge in [-0.25, -0.2) is 0 Å². The van der Waals surface area contributed by atoms with E-state index in [9.17, 15) is 4.79 Å². The molecule has 54 valence electrons. The number of hydrogen-bond acceptors (Lipinski definition) is 2. The average molecular weight is 138 g/mol. The fraction of sp³-hybridized carbons (Fsp3) is 0.571. The predicted octanol–water partition coefficient (Wildman–Crippen LogP) is -0.773. The van der Waals surface area contributed by atoms with Crippen molar-refractivity contribution in [3.05, 3.63) is 0 Å². The first-order chi connectivity index (χ1) is 4.83. The van der Waals surface area contributed by atoms with E-state index in [2.05, 4.69) is 17.2 Å². The molecule has 1 rings (SSSR count).